The first-order chi connectivity index (χ1) is 16.2. The topological polar surface area (TPSA) is 105 Å². The maximum Gasteiger partial charge on any atom is 0.407 e. The van der Waals surface area contributed by atoms with Gasteiger partial charge < -0.3 is 20.5 Å². The highest BCUT2D eigenvalue weighted by Gasteiger charge is 2.29. The van der Waals surface area contributed by atoms with E-state index in [4.69, 9.17) is 9.84 Å². The van der Waals surface area contributed by atoms with Crippen LogP contribution in [0.3, 0.4) is 0 Å². The second-order valence-corrected chi connectivity index (χ2v) is 9.47. The molecule has 1 aliphatic carbocycles. The van der Waals surface area contributed by atoms with E-state index >= 15 is 0 Å². The lowest BCUT2D eigenvalue weighted by Gasteiger charge is -2.19. The molecule has 3 rings (SSSR count). The standard InChI is InChI=1S/C27H34N2O5/c1-17(2)12-19(14-26(31)32)15-28-25(30)13-18(3)29-27(33)34-16-24-22-10-6-4-8-20(22)21-9-5-7-11-23(21)24/h4-11,17-19,24H,12-16H2,1-3H3,(H,28,30)(H,29,33)(H,31,32)/t18-,19+/m1/s1. The maximum atomic E-state index is 12.4. The first-order valence-corrected chi connectivity index (χ1v) is 11.8. The molecule has 7 nitrogen and oxygen atoms in total. The largest absolute Gasteiger partial charge is 0.481 e. The van der Waals surface area contributed by atoms with E-state index in [1.54, 1.807) is 6.92 Å². The van der Waals surface area contributed by atoms with Gasteiger partial charge in [0.15, 0.2) is 0 Å². The van der Waals surface area contributed by atoms with E-state index in [-0.39, 0.29) is 37.2 Å². The van der Waals surface area contributed by atoms with Crippen molar-refractivity contribution in [2.75, 3.05) is 13.2 Å². The van der Waals surface area contributed by atoms with Gasteiger partial charge in [0, 0.05) is 31.3 Å². The molecule has 0 unspecified atom stereocenters. The molecule has 1 aliphatic rings. The summed E-state index contributed by atoms with van der Waals surface area (Å²) >= 11 is 0. The number of carbonyl (C=O) groups is 3. The zero-order valence-electron chi connectivity index (χ0n) is 20.0. The molecule has 2 amide bonds. The van der Waals surface area contributed by atoms with Crippen molar-refractivity contribution in [2.45, 2.75) is 52.0 Å². The number of carbonyl (C=O) groups excluding carboxylic acids is 2. The van der Waals surface area contributed by atoms with Crippen LogP contribution in [0.5, 0.6) is 0 Å². The summed E-state index contributed by atoms with van der Waals surface area (Å²) in [6.45, 7) is 6.31. The Labute approximate surface area is 200 Å². The van der Waals surface area contributed by atoms with Gasteiger partial charge in [-0.2, -0.15) is 0 Å². The van der Waals surface area contributed by atoms with Crippen LogP contribution in [0.15, 0.2) is 48.5 Å². The van der Waals surface area contributed by atoms with Gasteiger partial charge in [0.2, 0.25) is 5.91 Å². The van der Waals surface area contributed by atoms with Gasteiger partial charge in [-0.1, -0.05) is 62.4 Å². The molecule has 0 spiro atoms. The number of hydrogen-bond acceptors (Lipinski definition) is 4. The highest BCUT2D eigenvalue weighted by molar-refractivity contribution is 5.79. The van der Waals surface area contributed by atoms with Crippen molar-refractivity contribution in [1.82, 2.24) is 10.6 Å². The SMILES string of the molecule is CC(C)C[C@H](CNC(=O)C[C@@H](C)NC(=O)OCC1c2ccccc2-c2ccccc21)CC(=O)O. The molecule has 7 heteroatoms. The molecule has 0 aliphatic heterocycles. The average molecular weight is 467 g/mol. The number of fused-ring (bicyclic) bond motifs is 3. The fourth-order valence-corrected chi connectivity index (χ4v) is 4.65. The fraction of sp³-hybridized carbons (Fsp3) is 0.444. The van der Waals surface area contributed by atoms with Crippen LogP contribution in [0.4, 0.5) is 4.79 Å². The molecule has 0 aromatic heterocycles. The molecule has 0 radical (unpaired) electrons. The smallest absolute Gasteiger partial charge is 0.407 e. The molecular formula is C27H34N2O5. The van der Waals surface area contributed by atoms with E-state index in [9.17, 15) is 14.4 Å². The molecule has 0 bridgehead atoms. The van der Waals surface area contributed by atoms with Crippen LogP contribution in [0.1, 0.15) is 57.1 Å². The number of aliphatic carboxylic acids is 1. The van der Waals surface area contributed by atoms with E-state index in [2.05, 4.69) is 34.9 Å². The van der Waals surface area contributed by atoms with Gasteiger partial charge in [0.25, 0.3) is 0 Å². The summed E-state index contributed by atoms with van der Waals surface area (Å²) in [5, 5.41) is 14.6. The summed E-state index contributed by atoms with van der Waals surface area (Å²) in [6, 6.07) is 15.8. The summed E-state index contributed by atoms with van der Waals surface area (Å²) in [6.07, 6.45) is 0.267. The highest BCUT2D eigenvalue weighted by Crippen LogP contribution is 2.44. The summed E-state index contributed by atoms with van der Waals surface area (Å²) < 4.78 is 5.53. The maximum absolute atomic E-state index is 12.4. The van der Waals surface area contributed by atoms with Crippen molar-refractivity contribution in [3.05, 3.63) is 59.7 Å². The minimum atomic E-state index is -0.870. The number of nitrogens with one attached hydrogen (secondary N) is 2. The molecule has 2 atom stereocenters. The van der Waals surface area contributed by atoms with Gasteiger partial charge in [-0.05, 0) is 47.4 Å². The van der Waals surface area contributed by atoms with E-state index in [1.807, 2.05) is 38.1 Å². The zero-order valence-corrected chi connectivity index (χ0v) is 20.0. The Bertz CT molecular complexity index is 974. The Morgan fingerprint density at radius 3 is 2.09 bits per heavy atom. The van der Waals surface area contributed by atoms with Crippen LogP contribution in [0, 0.1) is 11.8 Å². The Kier molecular flexibility index (Phi) is 8.68. The number of alkyl carbamates (subject to hydrolysis) is 1. The predicted octanol–water partition coefficient (Wildman–Crippen LogP) is 4.56. The van der Waals surface area contributed by atoms with Gasteiger partial charge in [0.1, 0.15) is 6.61 Å². The number of carboxylic acid groups (broad SMARTS) is 1. The molecule has 34 heavy (non-hydrogen) atoms. The number of rotatable bonds is 11. The van der Waals surface area contributed by atoms with Crippen LogP contribution < -0.4 is 10.6 Å². The van der Waals surface area contributed by atoms with Crippen molar-refractivity contribution in [1.29, 1.82) is 0 Å². The van der Waals surface area contributed by atoms with Crippen LogP contribution in [0.25, 0.3) is 11.1 Å². The Morgan fingerprint density at radius 2 is 1.53 bits per heavy atom. The van der Waals surface area contributed by atoms with Gasteiger partial charge >= 0.3 is 12.1 Å². The molecule has 0 fully saturated rings. The summed E-state index contributed by atoms with van der Waals surface area (Å²) in [5.41, 5.74) is 4.61. The summed E-state index contributed by atoms with van der Waals surface area (Å²) in [7, 11) is 0. The Balaban J connectivity index is 1.46. The van der Waals surface area contributed by atoms with Gasteiger partial charge in [-0.25, -0.2) is 4.79 Å². The molecule has 2 aromatic carbocycles. The van der Waals surface area contributed by atoms with Gasteiger partial charge in [0.05, 0.1) is 0 Å². The average Bonchev–Trinajstić information content (AvgIpc) is 3.09. The third-order valence-electron chi connectivity index (χ3n) is 6.06. The quantitative estimate of drug-likeness (QED) is 0.450. The molecular weight excluding hydrogens is 432 g/mol. The van der Waals surface area contributed by atoms with Crippen LogP contribution in [-0.2, 0) is 14.3 Å². The van der Waals surface area contributed by atoms with E-state index in [0.717, 1.165) is 28.7 Å². The fourth-order valence-electron chi connectivity index (χ4n) is 4.65. The Hall–Kier alpha value is -3.35. The third kappa shape index (κ3) is 6.83. The zero-order chi connectivity index (χ0) is 24.7. The van der Waals surface area contributed by atoms with Crippen LogP contribution in [-0.4, -0.2) is 42.3 Å². The van der Waals surface area contributed by atoms with Crippen molar-refractivity contribution >= 4 is 18.0 Å². The molecule has 0 saturated carbocycles. The molecule has 182 valence electrons. The number of carboxylic acids is 1. The monoisotopic (exact) mass is 466 g/mol. The first kappa shape index (κ1) is 25.3. The molecule has 0 saturated heterocycles. The normalized spacial score (nSPS) is 14.1. The Morgan fingerprint density at radius 1 is 0.941 bits per heavy atom. The number of hydrogen-bond donors (Lipinski definition) is 3. The minimum absolute atomic E-state index is 0.0199. The molecule has 2 aromatic rings. The van der Waals surface area contributed by atoms with E-state index in [1.165, 1.54) is 0 Å². The van der Waals surface area contributed by atoms with Crippen LogP contribution >= 0.6 is 0 Å². The number of amides is 2. The lowest BCUT2D eigenvalue weighted by atomic mass is 9.94. The minimum Gasteiger partial charge on any atom is -0.481 e. The van der Waals surface area contributed by atoms with Gasteiger partial charge in [-0.3, -0.25) is 9.59 Å². The lowest BCUT2D eigenvalue weighted by Crippen LogP contribution is -2.39. The van der Waals surface area contributed by atoms with Crippen molar-refractivity contribution in [3.8, 4) is 11.1 Å². The van der Waals surface area contributed by atoms with E-state index in [0.29, 0.717) is 12.5 Å². The number of benzene rings is 2. The van der Waals surface area contributed by atoms with Crippen molar-refractivity contribution in [3.63, 3.8) is 0 Å². The van der Waals surface area contributed by atoms with Crippen molar-refractivity contribution in [2.24, 2.45) is 11.8 Å². The molecule has 0 heterocycles. The third-order valence-corrected chi connectivity index (χ3v) is 6.06. The predicted molar refractivity (Wildman–Crippen MR) is 130 cm³/mol. The highest BCUT2D eigenvalue weighted by atomic mass is 16.5. The first-order valence-electron chi connectivity index (χ1n) is 11.8. The van der Waals surface area contributed by atoms with E-state index < -0.39 is 18.1 Å². The lowest BCUT2D eigenvalue weighted by molar-refractivity contribution is -0.138. The van der Waals surface area contributed by atoms with Crippen LogP contribution in [0.2, 0.25) is 0 Å². The second-order valence-electron chi connectivity index (χ2n) is 9.47. The molecule has 3 N–H and O–H groups in total. The van der Waals surface area contributed by atoms with Crippen molar-refractivity contribution < 1.29 is 24.2 Å². The number of ether oxygens (including phenoxy) is 1. The summed E-state index contributed by atoms with van der Waals surface area (Å²) in [5.74, 6) is -0.901. The second kappa shape index (κ2) is 11.7. The summed E-state index contributed by atoms with van der Waals surface area (Å²) in [4.78, 5) is 35.7. The van der Waals surface area contributed by atoms with Gasteiger partial charge in [-0.15, -0.1) is 0 Å².